The molecule has 2 atom stereocenters. The van der Waals surface area contributed by atoms with Gasteiger partial charge in [0.15, 0.2) is 0 Å². The topological polar surface area (TPSA) is 0 Å². The Morgan fingerprint density at radius 2 is 1.88 bits per heavy atom. The first-order valence-electron chi connectivity index (χ1n) is 6.02. The molecule has 0 heterocycles. The van der Waals surface area contributed by atoms with Crippen molar-refractivity contribution in [3.05, 3.63) is 35.9 Å². The summed E-state index contributed by atoms with van der Waals surface area (Å²) in [6, 6.07) is 10.3. The van der Waals surface area contributed by atoms with Gasteiger partial charge in [-0.25, -0.2) is 0 Å². The lowest BCUT2D eigenvalue weighted by atomic mass is 9.81. The zero-order valence-electron chi connectivity index (χ0n) is 9.45. The van der Waals surface area contributed by atoms with E-state index in [0.717, 1.165) is 16.8 Å². The van der Waals surface area contributed by atoms with Crippen molar-refractivity contribution >= 4 is 15.9 Å². The van der Waals surface area contributed by atoms with Crippen LogP contribution in [0.3, 0.4) is 0 Å². The van der Waals surface area contributed by atoms with E-state index < -0.39 is 0 Å². The molecule has 0 aliphatic heterocycles. The van der Waals surface area contributed by atoms with E-state index in [9.17, 15) is 0 Å². The third kappa shape index (κ3) is 3.12. The fourth-order valence-electron chi connectivity index (χ4n) is 2.28. The van der Waals surface area contributed by atoms with Crippen LogP contribution in [0.5, 0.6) is 0 Å². The predicted octanol–water partition coefficient (Wildman–Crippen LogP) is 4.24. The Hall–Kier alpha value is -0.740. The first kappa shape index (κ1) is 11.7. The third-order valence-corrected chi connectivity index (χ3v) is 4.11. The van der Waals surface area contributed by atoms with Gasteiger partial charge in [0.05, 0.1) is 0 Å². The summed E-state index contributed by atoms with van der Waals surface area (Å²) >= 11 is 3.61. The van der Waals surface area contributed by atoms with Gasteiger partial charge in [0.25, 0.3) is 0 Å². The Balaban J connectivity index is 2.05. The number of hydrogen-bond acceptors (Lipinski definition) is 0. The third-order valence-electron chi connectivity index (χ3n) is 3.28. The Morgan fingerprint density at radius 3 is 2.62 bits per heavy atom. The summed E-state index contributed by atoms with van der Waals surface area (Å²) in [6.45, 7) is 0. The van der Waals surface area contributed by atoms with Crippen LogP contribution in [0.1, 0.15) is 31.2 Å². The molecule has 1 aromatic carbocycles. The number of alkyl halides is 1. The van der Waals surface area contributed by atoms with Crippen LogP contribution in [0.15, 0.2) is 30.3 Å². The second-order valence-corrected chi connectivity index (χ2v) is 5.09. The molecule has 1 heteroatoms. The highest BCUT2D eigenvalue weighted by Crippen LogP contribution is 2.30. The normalized spacial score (nSPS) is 24.6. The Bertz CT molecular complexity index is 371. The van der Waals surface area contributed by atoms with Crippen molar-refractivity contribution in [2.45, 2.75) is 25.7 Å². The first-order valence-corrected chi connectivity index (χ1v) is 7.15. The van der Waals surface area contributed by atoms with Gasteiger partial charge in [-0.15, -0.1) is 0 Å². The van der Waals surface area contributed by atoms with Crippen LogP contribution in [-0.2, 0) is 0 Å². The van der Waals surface area contributed by atoms with Crippen molar-refractivity contribution in [3.63, 3.8) is 0 Å². The molecular weight excluding hydrogens is 260 g/mol. The predicted molar refractivity (Wildman–Crippen MR) is 72.6 cm³/mol. The highest BCUT2D eigenvalue weighted by atomic mass is 79.9. The smallest absolute Gasteiger partial charge is 0.0245 e. The van der Waals surface area contributed by atoms with E-state index in [-0.39, 0.29) is 0 Å². The summed E-state index contributed by atoms with van der Waals surface area (Å²) in [5.74, 6) is 8.11. The maximum Gasteiger partial charge on any atom is 0.0245 e. The minimum absolute atomic E-state index is 0.591. The molecule has 1 aliphatic rings. The van der Waals surface area contributed by atoms with Gasteiger partial charge in [-0.05, 0) is 30.9 Å². The molecule has 0 aromatic heterocycles. The van der Waals surface area contributed by atoms with E-state index in [1.807, 2.05) is 18.2 Å². The average Bonchev–Trinajstić information content (AvgIpc) is 2.38. The van der Waals surface area contributed by atoms with Gasteiger partial charge in [-0.3, -0.25) is 0 Å². The van der Waals surface area contributed by atoms with E-state index in [2.05, 4.69) is 39.9 Å². The largest absolute Gasteiger partial charge is 0.0942 e. The standard InChI is InChI=1S/C15H17Br/c16-12-15-9-5-4-8-14(15)11-10-13-6-2-1-3-7-13/h1-3,6-7,14-15H,4-5,8-9,12H2. The van der Waals surface area contributed by atoms with Gasteiger partial charge in [-0.2, -0.15) is 0 Å². The SMILES string of the molecule is BrCC1CCCCC1C#Cc1ccccc1. The lowest BCUT2D eigenvalue weighted by Gasteiger charge is -2.25. The second kappa shape index (κ2) is 6.11. The molecule has 1 aliphatic carbocycles. The number of benzene rings is 1. The summed E-state index contributed by atoms with van der Waals surface area (Å²) in [5, 5.41) is 1.10. The Kier molecular flexibility index (Phi) is 4.48. The van der Waals surface area contributed by atoms with Crippen molar-refractivity contribution in [2.75, 3.05) is 5.33 Å². The molecule has 84 valence electrons. The summed E-state index contributed by atoms with van der Waals surface area (Å²) in [7, 11) is 0. The molecule has 0 saturated heterocycles. The zero-order valence-corrected chi connectivity index (χ0v) is 11.0. The molecule has 0 nitrogen and oxygen atoms in total. The van der Waals surface area contributed by atoms with E-state index in [0.29, 0.717) is 5.92 Å². The minimum atomic E-state index is 0.591. The summed E-state index contributed by atoms with van der Waals surface area (Å²) in [6.07, 6.45) is 5.33. The monoisotopic (exact) mass is 276 g/mol. The highest BCUT2D eigenvalue weighted by Gasteiger charge is 2.22. The van der Waals surface area contributed by atoms with Crippen LogP contribution in [0.25, 0.3) is 0 Å². The van der Waals surface area contributed by atoms with E-state index in [1.54, 1.807) is 0 Å². The fourth-order valence-corrected chi connectivity index (χ4v) is 3.05. The molecule has 2 unspecified atom stereocenters. The number of rotatable bonds is 1. The van der Waals surface area contributed by atoms with Crippen LogP contribution in [0.4, 0.5) is 0 Å². The van der Waals surface area contributed by atoms with E-state index in [1.165, 1.54) is 25.7 Å². The van der Waals surface area contributed by atoms with Gasteiger partial charge < -0.3 is 0 Å². The summed E-state index contributed by atoms with van der Waals surface area (Å²) in [5.41, 5.74) is 1.14. The maximum atomic E-state index is 3.61. The van der Waals surface area contributed by atoms with Gasteiger partial charge >= 0.3 is 0 Å². The Morgan fingerprint density at radius 1 is 1.12 bits per heavy atom. The summed E-state index contributed by atoms with van der Waals surface area (Å²) in [4.78, 5) is 0. The average molecular weight is 277 g/mol. The van der Waals surface area contributed by atoms with Gasteiger partial charge in [0, 0.05) is 16.8 Å². The molecule has 0 N–H and O–H groups in total. The first-order chi connectivity index (χ1) is 7.90. The van der Waals surface area contributed by atoms with Crippen LogP contribution >= 0.6 is 15.9 Å². The molecule has 1 saturated carbocycles. The molecule has 0 radical (unpaired) electrons. The molecule has 1 aromatic rings. The van der Waals surface area contributed by atoms with Crippen molar-refractivity contribution in [3.8, 4) is 11.8 Å². The Labute approximate surface area is 107 Å². The molecular formula is C15H17Br. The van der Waals surface area contributed by atoms with Crippen molar-refractivity contribution in [1.82, 2.24) is 0 Å². The lowest BCUT2D eigenvalue weighted by molar-refractivity contribution is 0.323. The minimum Gasteiger partial charge on any atom is -0.0942 e. The molecule has 0 bridgehead atoms. The number of hydrogen-bond donors (Lipinski definition) is 0. The van der Waals surface area contributed by atoms with Gasteiger partial charge in [-0.1, -0.05) is 58.8 Å². The van der Waals surface area contributed by atoms with Crippen LogP contribution in [0.2, 0.25) is 0 Å². The molecule has 16 heavy (non-hydrogen) atoms. The second-order valence-electron chi connectivity index (χ2n) is 4.44. The van der Waals surface area contributed by atoms with Crippen molar-refractivity contribution in [1.29, 1.82) is 0 Å². The van der Waals surface area contributed by atoms with Gasteiger partial charge in [0.2, 0.25) is 0 Å². The molecule has 0 amide bonds. The van der Waals surface area contributed by atoms with Crippen molar-refractivity contribution < 1.29 is 0 Å². The molecule has 1 fully saturated rings. The quantitative estimate of drug-likeness (QED) is 0.532. The lowest BCUT2D eigenvalue weighted by Crippen LogP contribution is -2.19. The molecule has 2 rings (SSSR count). The molecule has 0 spiro atoms. The van der Waals surface area contributed by atoms with Crippen LogP contribution in [0, 0.1) is 23.7 Å². The zero-order chi connectivity index (χ0) is 11.2. The number of halogens is 1. The fraction of sp³-hybridized carbons (Fsp3) is 0.467. The maximum absolute atomic E-state index is 3.61. The highest BCUT2D eigenvalue weighted by molar-refractivity contribution is 9.09. The van der Waals surface area contributed by atoms with E-state index >= 15 is 0 Å². The van der Waals surface area contributed by atoms with Crippen LogP contribution in [-0.4, -0.2) is 5.33 Å². The van der Waals surface area contributed by atoms with Gasteiger partial charge in [0.1, 0.15) is 0 Å². The van der Waals surface area contributed by atoms with Crippen LogP contribution < -0.4 is 0 Å². The van der Waals surface area contributed by atoms with E-state index in [4.69, 9.17) is 0 Å². The summed E-state index contributed by atoms with van der Waals surface area (Å²) < 4.78 is 0. The van der Waals surface area contributed by atoms with Crippen molar-refractivity contribution in [2.24, 2.45) is 11.8 Å².